The minimum Gasteiger partial charge on any atom is -0.412 e. The first-order valence-corrected chi connectivity index (χ1v) is 6.98. The van der Waals surface area contributed by atoms with Gasteiger partial charge in [-0.15, -0.1) is 0 Å². The highest BCUT2D eigenvalue weighted by Crippen LogP contribution is 2.11. The van der Waals surface area contributed by atoms with E-state index in [2.05, 4.69) is 31.6 Å². The van der Waals surface area contributed by atoms with E-state index in [0.29, 0.717) is 9.89 Å². The lowest BCUT2D eigenvalue weighted by Gasteiger charge is -2.17. The average Bonchev–Trinajstić information content (AvgIpc) is 3.07. The SMILES string of the molecule is CSC1=N[NH+](c2ccc(-n3[nH]nnc3=S)cc2)[N-]N1. The summed E-state index contributed by atoms with van der Waals surface area (Å²) in [4.78, 5) is 0. The first-order chi connectivity index (χ1) is 9.28. The van der Waals surface area contributed by atoms with Gasteiger partial charge in [-0.05, 0) is 30.6 Å². The van der Waals surface area contributed by atoms with Crippen LogP contribution in [0.1, 0.15) is 0 Å². The third kappa shape index (κ3) is 2.38. The Morgan fingerprint density at radius 2 is 2.16 bits per heavy atom. The predicted molar refractivity (Wildman–Crippen MR) is 74.6 cm³/mol. The van der Waals surface area contributed by atoms with Gasteiger partial charge in [0.2, 0.25) is 9.94 Å². The summed E-state index contributed by atoms with van der Waals surface area (Å²) >= 11 is 6.56. The van der Waals surface area contributed by atoms with Crippen LogP contribution in [0.25, 0.3) is 11.2 Å². The first kappa shape index (κ1) is 12.3. The number of nitrogens with zero attached hydrogens (tertiary/aromatic N) is 5. The van der Waals surface area contributed by atoms with Crippen LogP contribution in [0.15, 0.2) is 29.4 Å². The Morgan fingerprint density at radius 1 is 1.37 bits per heavy atom. The van der Waals surface area contributed by atoms with Crippen molar-refractivity contribution in [1.29, 1.82) is 0 Å². The molecule has 3 N–H and O–H groups in total. The number of amidine groups is 1. The number of tetrazole rings is 1. The van der Waals surface area contributed by atoms with E-state index in [-0.39, 0.29) is 0 Å². The molecule has 0 fully saturated rings. The molecule has 1 aromatic heterocycles. The topological polar surface area (TPSA) is 89.4 Å². The third-order valence-electron chi connectivity index (χ3n) is 2.51. The minimum atomic E-state index is 0.385. The molecule has 0 amide bonds. The number of aromatic amines is 1. The summed E-state index contributed by atoms with van der Waals surface area (Å²) in [7, 11) is 0. The number of benzene rings is 1. The van der Waals surface area contributed by atoms with Gasteiger partial charge >= 0.3 is 0 Å². The van der Waals surface area contributed by atoms with E-state index in [0.717, 1.165) is 16.5 Å². The lowest BCUT2D eigenvalue weighted by molar-refractivity contribution is -0.796. The molecule has 1 aliphatic heterocycles. The number of quaternary nitrogens is 1. The molecule has 10 heteroatoms. The van der Waals surface area contributed by atoms with E-state index in [1.807, 2.05) is 30.5 Å². The zero-order valence-electron chi connectivity index (χ0n) is 9.86. The molecule has 0 aliphatic carbocycles. The molecule has 0 saturated carbocycles. The number of nitrogens with one attached hydrogen (secondary N) is 3. The summed E-state index contributed by atoms with van der Waals surface area (Å²) in [6.07, 6.45) is 1.94. The second-order valence-electron chi connectivity index (χ2n) is 3.63. The van der Waals surface area contributed by atoms with Crippen molar-refractivity contribution in [2.24, 2.45) is 5.10 Å². The van der Waals surface area contributed by atoms with Crippen LogP contribution >= 0.6 is 24.0 Å². The largest absolute Gasteiger partial charge is 0.412 e. The Bertz CT molecular complexity index is 657. The fourth-order valence-corrected chi connectivity index (χ4v) is 2.09. The highest BCUT2D eigenvalue weighted by molar-refractivity contribution is 8.13. The number of hydrogen-bond donors (Lipinski definition) is 3. The van der Waals surface area contributed by atoms with Gasteiger partial charge in [-0.25, -0.2) is 9.80 Å². The number of thioether (sulfide) groups is 1. The van der Waals surface area contributed by atoms with Crippen molar-refractivity contribution in [2.75, 3.05) is 6.26 Å². The van der Waals surface area contributed by atoms with Crippen molar-refractivity contribution < 1.29 is 5.12 Å². The zero-order chi connectivity index (χ0) is 13.2. The molecule has 98 valence electrons. The van der Waals surface area contributed by atoms with Gasteiger partial charge in [-0.3, -0.25) is 0 Å². The summed E-state index contributed by atoms with van der Waals surface area (Å²) < 4.78 is 2.00. The molecule has 0 spiro atoms. The van der Waals surface area contributed by atoms with E-state index in [9.17, 15) is 0 Å². The smallest absolute Gasteiger partial charge is 0.242 e. The van der Waals surface area contributed by atoms with Gasteiger partial charge in [0.25, 0.3) is 0 Å². The second-order valence-corrected chi connectivity index (χ2v) is 4.79. The van der Waals surface area contributed by atoms with Gasteiger partial charge in [-0.2, -0.15) is 5.21 Å². The van der Waals surface area contributed by atoms with E-state index in [1.54, 1.807) is 4.68 Å². The van der Waals surface area contributed by atoms with Gasteiger partial charge < -0.3 is 11.0 Å². The van der Waals surface area contributed by atoms with Crippen LogP contribution in [-0.4, -0.2) is 31.6 Å². The van der Waals surface area contributed by atoms with Crippen LogP contribution < -0.4 is 10.5 Å². The normalized spacial score (nSPS) is 18.2. The van der Waals surface area contributed by atoms with Gasteiger partial charge in [-0.1, -0.05) is 27.2 Å². The summed E-state index contributed by atoms with van der Waals surface area (Å²) in [6.45, 7) is 0. The van der Waals surface area contributed by atoms with Crippen LogP contribution in [0.4, 0.5) is 5.69 Å². The molecule has 0 radical (unpaired) electrons. The van der Waals surface area contributed by atoms with Crippen LogP contribution in [0, 0.1) is 4.77 Å². The van der Waals surface area contributed by atoms with Gasteiger partial charge in [0.05, 0.1) is 5.69 Å². The van der Waals surface area contributed by atoms with E-state index in [1.165, 1.54) is 11.8 Å². The molecular formula is C9H10N8S2. The molecule has 1 aliphatic rings. The molecule has 0 saturated heterocycles. The molecule has 1 unspecified atom stereocenters. The monoisotopic (exact) mass is 294 g/mol. The summed E-state index contributed by atoms with van der Waals surface area (Å²) in [5.41, 5.74) is 8.80. The van der Waals surface area contributed by atoms with Crippen molar-refractivity contribution >= 4 is 34.8 Å². The molecule has 19 heavy (non-hydrogen) atoms. The maximum absolute atomic E-state index is 5.04. The van der Waals surface area contributed by atoms with Crippen LogP contribution in [0.5, 0.6) is 0 Å². The van der Waals surface area contributed by atoms with E-state index < -0.39 is 0 Å². The fraction of sp³-hybridized carbons (Fsp3) is 0.111. The van der Waals surface area contributed by atoms with Gasteiger partial charge in [0, 0.05) is 12.1 Å². The second kappa shape index (κ2) is 5.09. The summed E-state index contributed by atoms with van der Waals surface area (Å²) in [5.74, 6) is 0. The van der Waals surface area contributed by atoms with Crippen molar-refractivity contribution in [3.63, 3.8) is 0 Å². The highest BCUT2D eigenvalue weighted by Gasteiger charge is 2.12. The molecule has 0 bridgehead atoms. The zero-order valence-corrected chi connectivity index (χ0v) is 11.5. The molecule has 2 heterocycles. The number of aromatic nitrogens is 4. The van der Waals surface area contributed by atoms with E-state index in [4.69, 9.17) is 12.2 Å². The number of hydrogen-bond acceptors (Lipinski definition) is 6. The summed E-state index contributed by atoms with van der Waals surface area (Å²) in [6, 6.07) is 7.65. The van der Waals surface area contributed by atoms with E-state index >= 15 is 0 Å². The Kier molecular flexibility index (Phi) is 3.29. The third-order valence-corrected chi connectivity index (χ3v) is 3.35. The minimum absolute atomic E-state index is 0.385. The standard InChI is InChI=1S/C9H10N8S2/c1-19-8-10-14-17(12-8)7-4-2-6(3-5-7)16-9(18)11-13-15-16/h2-5,17H,1H3,(H2-,10,11,12,13,14,15,18). The van der Waals surface area contributed by atoms with Crippen molar-refractivity contribution in [3.05, 3.63) is 34.6 Å². The van der Waals surface area contributed by atoms with Crippen molar-refractivity contribution in [2.45, 2.75) is 0 Å². The van der Waals surface area contributed by atoms with Crippen molar-refractivity contribution in [3.8, 4) is 5.69 Å². The molecule has 1 aromatic carbocycles. The Balaban J connectivity index is 1.86. The lowest BCUT2D eigenvalue weighted by Crippen LogP contribution is -2.96. The van der Waals surface area contributed by atoms with Gasteiger partial charge in [0.15, 0.2) is 0 Å². The predicted octanol–water partition coefficient (Wildman–Crippen LogP) is 0.282. The van der Waals surface area contributed by atoms with Crippen LogP contribution in [0.3, 0.4) is 0 Å². The van der Waals surface area contributed by atoms with Crippen LogP contribution in [0.2, 0.25) is 0 Å². The maximum atomic E-state index is 5.04. The van der Waals surface area contributed by atoms with Gasteiger partial charge in [0.1, 0.15) is 5.69 Å². The molecule has 3 rings (SSSR count). The molecule has 1 atom stereocenters. The molecule has 8 nitrogen and oxygen atoms in total. The Labute approximate surface area is 117 Å². The first-order valence-electron chi connectivity index (χ1n) is 5.35. The molecule has 2 aromatic rings. The van der Waals surface area contributed by atoms with Crippen molar-refractivity contribution in [1.82, 2.24) is 25.6 Å². The van der Waals surface area contributed by atoms with Crippen LogP contribution in [-0.2, 0) is 0 Å². The maximum Gasteiger partial charge on any atom is 0.242 e. The number of H-pyrrole nitrogens is 1. The Morgan fingerprint density at radius 3 is 2.74 bits per heavy atom. The molecular weight excluding hydrogens is 284 g/mol. The fourth-order valence-electron chi connectivity index (χ4n) is 1.59. The average molecular weight is 294 g/mol. The summed E-state index contributed by atoms with van der Waals surface area (Å²) in [5, 5.41) is 15.9. The quantitative estimate of drug-likeness (QED) is 0.692. The Hall–Kier alpha value is -1.75. The number of rotatable bonds is 2. The lowest BCUT2D eigenvalue weighted by atomic mass is 10.3. The highest BCUT2D eigenvalue weighted by atomic mass is 32.2.